The highest BCUT2D eigenvalue weighted by atomic mass is 16.2. The average Bonchev–Trinajstić information content (AvgIpc) is 3.06. The van der Waals surface area contributed by atoms with Crippen LogP contribution in [-0.2, 0) is 16.1 Å². The molecular weight excluding hydrogens is 316 g/mol. The summed E-state index contributed by atoms with van der Waals surface area (Å²) in [7, 11) is 0. The summed E-state index contributed by atoms with van der Waals surface area (Å²) in [6.45, 7) is 2.94. The van der Waals surface area contributed by atoms with E-state index in [1.54, 1.807) is 29.2 Å². The predicted molar refractivity (Wildman–Crippen MR) is 95.4 cm³/mol. The van der Waals surface area contributed by atoms with Gasteiger partial charge in [-0.1, -0.05) is 42.0 Å². The van der Waals surface area contributed by atoms with Crippen LogP contribution in [0.25, 0.3) is 0 Å². The second kappa shape index (κ2) is 7.30. The fourth-order valence-corrected chi connectivity index (χ4v) is 2.81. The molecule has 0 atom stereocenters. The number of benzene rings is 2. The van der Waals surface area contributed by atoms with Gasteiger partial charge in [-0.2, -0.15) is 0 Å². The molecule has 128 valence electrons. The lowest BCUT2D eigenvalue weighted by Gasteiger charge is -2.16. The Morgan fingerprint density at radius 1 is 1.04 bits per heavy atom. The van der Waals surface area contributed by atoms with Crippen LogP contribution in [0.2, 0.25) is 0 Å². The normalized spacial score (nSPS) is 13.8. The maximum absolute atomic E-state index is 12.1. The van der Waals surface area contributed by atoms with Gasteiger partial charge in [-0.25, -0.2) is 0 Å². The van der Waals surface area contributed by atoms with Crippen molar-refractivity contribution < 1.29 is 14.4 Å². The Kier molecular flexibility index (Phi) is 4.93. The highest BCUT2D eigenvalue weighted by molar-refractivity contribution is 6.42. The summed E-state index contributed by atoms with van der Waals surface area (Å²) in [5.41, 5.74) is 3.16. The molecule has 1 saturated heterocycles. The van der Waals surface area contributed by atoms with Crippen LogP contribution in [0.5, 0.6) is 0 Å². The van der Waals surface area contributed by atoms with Crippen LogP contribution in [-0.4, -0.2) is 24.1 Å². The first-order chi connectivity index (χ1) is 12.0. The first-order valence-electron chi connectivity index (χ1n) is 8.33. The maximum atomic E-state index is 12.1. The average molecular weight is 336 g/mol. The zero-order valence-corrected chi connectivity index (χ0v) is 14.1. The van der Waals surface area contributed by atoms with E-state index in [1.807, 2.05) is 31.2 Å². The Bertz CT molecular complexity index is 795. The molecule has 0 bridgehead atoms. The van der Waals surface area contributed by atoms with Gasteiger partial charge < -0.3 is 10.2 Å². The summed E-state index contributed by atoms with van der Waals surface area (Å²) < 4.78 is 0. The number of anilines is 1. The maximum Gasteiger partial charge on any atom is 0.292 e. The number of carbonyl (C=O) groups is 3. The van der Waals surface area contributed by atoms with Crippen LogP contribution in [0, 0.1) is 6.92 Å². The molecular formula is C20H20N2O3. The molecule has 3 rings (SSSR count). The zero-order valence-electron chi connectivity index (χ0n) is 14.1. The van der Waals surface area contributed by atoms with Crippen molar-refractivity contribution in [3.8, 4) is 0 Å². The van der Waals surface area contributed by atoms with Gasteiger partial charge in [0.25, 0.3) is 5.91 Å². The van der Waals surface area contributed by atoms with E-state index in [2.05, 4.69) is 5.32 Å². The Balaban J connectivity index is 1.57. The minimum atomic E-state index is -0.623. The Morgan fingerprint density at radius 2 is 1.72 bits per heavy atom. The van der Waals surface area contributed by atoms with Gasteiger partial charge in [-0.3, -0.25) is 14.4 Å². The molecule has 0 radical (unpaired) electrons. The van der Waals surface area contributed by atoms with E-state index in [0.717, 1.165) is 29.8 Å². The molecule has 2 aromatic rings. The molecule has 0 aromatic heterocycles. The fourth-order valence-electron chi connectivity index (χ4n) is 2.81. The molecule has 2 amide bonds. The lowest BCUT2D eigenvalue weighted by atomic mass is 10.1. The number of amides is 2. The topological polar surface area (TPSA) is 66.5 Å². The van der Waals surface area contributed by atoms with E-state index < -0.39 is 11.7 Å². The highest BCUT2D eigenvalue weighted by Crippen LogP contribution is 2.21. The lowest BCUT2D eigenvalue weighted by molar-refractivity contribution is -0.117. The first kappa shape index (κ1) is 16.9. The number of Topliss-reactive ketones (excluding diaryl/α,β-unsaturated/α-hetero) is 1. The van der Waals surface area contributed by atoms with Crippen LogP contribution >= 0.6 is 0 Å². The van der Waals surface area contributed by atoms with E-state index in [-0.39, 0.29) is 12.5 Å². The second-order valence-electron chi connectivity index (χ2n) is 6.19. The number of nitrogens with one attached hydrogen (secondary N) is 1. The Hall–Kier alpha value is -2.95. The third-order valence-electron chi connectivity index (χ3n) is 4.29. The van der Waals surface area contributed by atoms with Crippen molar-refractivity contribution in [1.82, 2.24) is 5.32 Å². The number of rotatable bonds is 5. The molecule has 2 aromatic carbocycles. The molecule has 1 aliphatic rings. The SMILES string of the molecule is Cc1ccc(C(=O)C(=O)NCc2ccc(N3CCCC3=O)cc2)cc1. The third-order valence-corrected chi connectivity index (χ3v) is 4.29. The molecule has 0 saturated carbocycles. The van der Waals surface area contributed by atoms with Crippen LogP contribution in [0.1, 0.15) is 34.3 Å². The minimum absolute atomic E-state index is 0.143. The van der Waals surface area contributed by atoms with E-state index in [0.29, 0.717) is 12.0 Å². The van der Waals surface area contributed by atoms with Crippen LogP contribution in [0.3, 0.4) is 0 Å². The number of hydrogen-bond acceptors (Lipinski definition) is 3. The fraction of sp³-hybridized carbons (Fsp3) is 0.250. The van der Waals surface area contributed by atoms with Gasteiger partial charge >= 0.3 is 0 Å². The van der Waals surface area contributed by atoms with Crippen LogP contribution < -0.4 is 10.2 Å². The second-order valence-corrected chi connectivity index (χ2v) is 6.19. The van der Waals surface area contributed by atoms with Crippen molar-refractivity contribution >= 4 is 23.3 Å². The Morgan fingerprint density at radius 3 is 2.32 bits per heavy atom. The van der Waals surface area contributed by atoms with Crippen molar-refractivity contribution in [3.63, 3.8) is 0 Å². The number of carbonyl (C=O) groups excluding carboxylic acids is 3. The van der Waals surface area contributed by atoms with Crippen molar-refractivity contribution in [1.29, 1.82) is 0 Å². The predicted octanol–water partition coefficient (Wildman–Crippen LogP) is 2.62. The van der Waals surface area contributed by atoms with Gasteiger partial charge in [-0.15, -0.1) is 0 Å². The highest BCUT2D eigenvalue weighted by Gasteiger charge is 2.21. The number of nitrogens with zero attached hydrogens (tertiary/aromatic N) is 1. The third kappa shape index (κ3) is 3.94. The number of ketones is 1. The molecule has 1 N–H and O–H groups in total. The van der Waals surface area contributed by atoms with Crippen molar-refractivity contribution in [2.24, 2.45) is 0 Å². The minimum Gasteiger partial charge on any atom is -0.345 e. The smallest absolute Gasteiger partial charge is 0.292 e. The van der Waals surface area contributed by atoms with Crippen molar-refractivity contribution in [3.05, 3.63) is 65.2 Å². The quantitative estimate of drug-likeness (QED) is 0.674. The molecule has 5 nitrogen and oxygen atoms in total. The van der Waals surface area contributed by atoms with E-state index in [1.165, 1.54) is 0 Å². The largest absolute Gasteiger partial charge is 0.345 e. The summed E-state index contributed by atoms with van der Waals surface area (Å²) in [5, 5.41) is 2.64. The van der Waals surface area contributed by atoms with Gasteiger partial charge in [0.15, 0.2) is 0 Å². The molecule has 0 unspecified atom stereocenters. The molecule has 1 fully saturated rings. The van der Waals surface area contributed by atoms with Crippen molar-refractivity contribution in [2.75, 3.05) is 11.4 Å². The number of hydrogen-bond donors (Lipinski definition) is 1. The number of aryl methyl sites for hydroxylation is 1. The summed E-state index contributed by atoms with van der Waals surface area (Å²) >= 11 is 0. The van der Waals surface area contributed by atoms with Gasteiger partial charge in [0.2, 0.25) is 11.7 Å². The molecule has 0 spiro atoms. The zero-order chi connectivity index (χ0) is 17.8. The first-order valence-corrected chi connectivity index (χ1v) is 8.33. The molecule has 0 aliphatic carbocycles. The van der Waals surface area contributed by atoms with E-state index >= 15 is 0 Å². The summed E-state index contributed by atoms with van der Waals surface area (Å²) in [6.07, 6.45) is 1.48. The summed E-state index contributed by atoms with van der Waals surface area (Å²) in [4.78, 5) is 37.6. The summed E-state index contributed by atoms with van der Waals surface area (Å²) in [5.74, 6) is -1.02. The van der Waals surface area contributed by atoms with Crippen molar-refractivity contribution in [2.45, 2.75) is 26.3 Å². The van der Waals surface area contributed by atoms with Gasteiger partial charge in [-0.05, 0) is 31.0 Å². The molecule has 5 heteroatoms. The Labute approximate surface area is 146 Å². The van der Waals surface area contributed by atoms with Crippen LogP contribution in [0.15, 0.2) is 48.5 Å². The molecule has 1 aliphatic heterocycles. The van der Waals surface area contributed by atoms with E-state index in [4.69, 9.17) is 0 Å². The molecule has 25 heavy (non-hydrogen) atoms. The standard InChI is InChI=1S/C20H20N2O3/c1-14-4-8-16(9-5-14)19(24)20(25)21-13-15-6-10-17(11-7-15)22-12-2-3-18(22)23/h4-11H,2-3,12-13H2,1H3,(H,21,25). The summed E-state index contributed by atoms with van der Waals surface area (Å²) in [6, 6.07) is 14.4. The monoisotopic (exact) mass is 336 g/mol. The van der Waals surface area contributed by atoms with E-state index in [9.17, 15) is 14.4 Å². The molecule has 1 heterocycles. The lowest BCUT2D eigenvalue weighted by Crippen LogP contribution is -2.30. The van der Waals surface area contributed by atoms with Gasteiger partial charge in [0, 0.05) is 30.8 Å². The van der Waals surface area contributed by atoms with Crippen LogP contribution in [0.4, 0.5) is 5.69 Å². The van der Waals surface area contributed by atoms with Gasteiger partial charge in [0.05, 0.1) is 0 Å². The van der Waals surface area contributed by atoms with Gasteiger partial charge in [0.1, 0.15) is 0 Å².